The summed E-state index contributed by atoms with van der Waals surface area (Å²) in [5, 5.41) is 9.50. The van der Waals surface area contributed by atoms with E-state index in [4.69, 9.17) is 15.5 Å². The molecule has 2 rings (SSSR count). The second kappa shape index (κ2) is 6.19. The average Bonchev–Trinajstić information content (AvgIpc) is 2.83. The summed E-state index contributed by atoms with van der Waals surface area (Å²) in [4.78, 5) is 13.8. The van der Waals surface area contributed by atoms with E-state index in [1.165, 1.54) is 0 Å². The zero-order valence-electron chi connectivity index (χ0n) is 11.2. The summed E-state index contributed by atoms with van der Waals surface area (Å²) in [7, 11) is 1.89. The minimum Gasteiger partial charge on any atom is -0.451 e. The van der Waals surface area contributed by atoms with Crippen LogP contribution in [0.2, 0.25) is 0 Å². The van der Waals surface area contributed by atoms with E-state index in [9.17, 15) is 4.79 Å². The van der Waals surface area contributed by atoms with Crippen LogP contribution in [-0.2, 0) is 6.54 Å². The fourth-order valence-electron chi connectivity index (χ4n) is 2.09. The molecule has 0 atom stereocenters. The highest BCUT2D eigenvalue weighted by Crippen LogP contribution is 2.26. The van der Waals surface area contributed by atoms with Gasteiger partial charge >= 0.3 is 5.91 Å². The van der Waals surface area contributed by atoms with Crippen molar-refractivity contribution < 1.29 is 9.21 Å². The number of nitriles is 1. The largest absolute Gasteiger partial charge is 0.451 e. The second-order valence-electron chi connectivity index (χ2n) is 4.53. The molecular weight excluding hydrogens is 256 g/mol. The molecule has 0 aliphatic heterocycles. The molecule has 104 valence electrons. The van der Waals surface area contributed by atoms with E-state index in [-0.39, 0.29) is 5.76 Å². The molecule has 1 amide bonds. The maximum Gasteiger partial charge on any atom is 0.301 e. The van der Waals surface area contributed by atoms with E-state index in [0.717, 1.165) is 10.9 Å². The van der Waals surface area contributed by atoms with Crippen LogP contribution in [0.5, 0.6) is 0 Å². The van der Waals surface area contributed by atoms with E-state index >= 15 is 0 Å². The molecule has 6 nitrogen and oxygen atoms in total. The van der Waals surface area contributed by atoms with E-state index in [0.29, 0.717) is 25.1 Å². The number of nitrogens with one attached hydrogen (secondary N) is 1. The quantitative estimate of drug-likeness (QED) is 0.487. The van der Waals surface area contributed by atoms with Crippen LogP contribution in [0.15, 0.2) is 28.7 Å². The third-order valence-corrected chi connectivity index (χ3v) is 3.07. The number of benzene rings is 1. The molecule has 1 heterocycles. The summed E-state index contributed by atoms with van der Waals surface area (Å²) in [5.41, 5.74) is 3.52. The number of nitrogen functional groups attached to an aromatic ring is 1. The van der Waals surface area contributed by atoms with Gasteiger partial charge in [0.15, 0.2) is 5.76 Å². The Morgan fingerprint density at radius 1 is 1.50 bits per heavy atom. The van der Waals surface area contributed by atoms with Crippen LogP contribution in [0.1, 0.15) is 22.5 Å². The first-order chi connectivity index (χ1) is 9.67. The number of carbonyl (C=O) groups excluding carboxylic acids is 1. The van der Waals surface area contributed by atoms with Crippen LogP contribution in [0.4, 0.5) is 0 Å². The summed E-state index contributed by atoms with van der Waals surface area (Å²) >= 11 is 0. The highest BCUT2D eigenvalue weighted by Gasteiger charge is 2.20. The van der Waals surface area contributed by atoms with E-state index in [2.05, 4.69) is 11.5 Å². The van der Waals surface area contributed by atoms with Crippen molar-refractivity contribution >= 4 is 16.9 Å². The summed E-state index contributed by atoms with van der Waals surface area (Å²) in [6.07, 6.45) is 0.435. The lowest BCUT2D eigenvalue weighted by Gasteiger charge is -2.14. The topological polar surface area (TPSA) is 95.3 Å². The molecular formula is C14H16N4O2. The number of nitrogens with two attached hydrogens (primary N) is 1. The van der Waals surface area contributed by atoms with Gasteiger partial charge in [0.2, 0.25) is 0 Å². The molecule has 0 radical (unpaired) electrons. The number of carbonyl (C=O) groups is 1. The van der Waals surface area contributed by atoms with Crippen molar-refractivity contribution in [2.45, 2.75) is 13.0 Å². The number of nitrogens with zero attached hydrogens (tertiary/aromatic N) is 2. The van der Waals surface area contributed by atoms with Crippen LogP contribution in [-0.4, -0.2) is 24.4 Å². The number of hydrogen-bond acceptors (Lipinski definition) is 5. The highest BCUT2D eigenvalue weighted by molar-refractivity contribution is 5.98. The lowest BCUT2D eigenvalue weighted by atomic mass is 10.1. The Labute approximate surface area is 116 Å². The molecule has 0 fully saturated rings. The minimum absolute atomic E-state index is 0.220. The van der Waals surface area contributed by atoms with Gasteiger partial charge in [-0.3, -0.25) is 10.2 Å². The second-order valence-corrected chi connectivity index (χ2v) is 4.53. The highest BCUT2D eigenvalue weighted by atomic mass is 16.3. The summed E-state index contributed by atoms with van der Waals surface area (Å²) in [6.45, 7) is 1.14. The predicted octanol–water partition coefficient (Wildman–Crippen LogP) is 1.38. The fraction of sp³-hybridized carbons (Fsp3) is 0.286. The van der Waals surface area contributed by atoms with Crippen molar-refractivity contribution in [2.75, 3.05) is 13.6 Å². The van der Waals surface area contributed by atoms with Gasteiger partial charge in [-0.1, -0.05) is 18.2 Å². The van der Waals surface area contributed by atoms with Gasteiger partial charge in [0.25, 0.3) is 0 Å². The Morgan fingerprint density at radius 2 is 2.25 bits per heavy atom. The van der Waals surface area contributed by atoms with Crippen LogP contribution in [0, 0.1) is 11.3 Å². The molecule has 0 bridgehead atoms. The molecule has 1 aromatic heterocycles. The lowest BCUT2D eigenvalue weighted by Crippen LogP contribution is -2.31. The van der Waals surface area contributed by atoms with Crippen molar-refractivity contribution in [1.29, 1.82) is 5.26 Å². The van der Waals surface area contributed by atoms with Gasteiger partial charge in [-0.05, 0) is 13.1 Å². The van der Waals surface area contributed by atoms with Gasteiger partial charge in [0.05, 0.1) is 6.07 Å². The number of para-hydroxylation sites is 1. The number of hydrazine groups is 1. The molecule has 0 spiro atoms. The third kappa shape index (κ3) is 2.79. The molecule has 0 aliphatic rings. The number of fused-ring (bicyclic) bond motifs is 1. The van der Waals surface area contributed by atoms with Crippen molar-refractivity contribution in [3.63, 3.8) is 0 Å². The monoisotopic (exact) mass is 272 g/mol. The molecule has 6 heteroatoms. The van der Waals surface area contributed by atoms with Gasteiger partial charge in [-0.15, -0.1) is 0 Å². The molecule has 0 unspecified atom stereocenters. The van der Waals surface area contributed by atoms with Crippen LogP contribution < -0.4 is 11.3 Å². The molecule has 0 aliphatic carbocycles. The Bertz CT molecular complexity index is 657. The van der Waals surface area contributed by atoms with E-state index < -0.39 is 5.91 Å². The maximum atomic E-state index is 11.8. The van der Waals surface area contributed by atoms with Crippen molar-refractivity contribution in [2.24, 2.45) is 5.84 Å². The molecule has 20 heavy (non-hydrogen) atoms. The number of amides is 1. The summed E-state index contributed by atoms with van der Waals surface area (Å²) in [5.74, 6) is 4.96. The van der Waals surface area contributed by atoms with E-state index in [1.54, 1.807) is 6.07 Å². The zero-order valence-corrected chi connectivity index (χ0v) is 11.2. The Balaban J connectivity index is 2.38. The standard InChI is InChI=1S/C14H16N4O2/c1-18(8-4-7-15)9-11-10-5-2-3-6-12(10)20-13(11)14(19)17-16/h2-3,5-6H,4,8-9,16H2,1H3,(H,17,19). The van der Waals surface area contributed by atoms with Crippen molar-refractivity contribution in [3.8, 4) is 6.07 Å². The van der Waals surface area contributed by atoms with Crippen molar-refractivity contribution in [3.05, 3.63) is 35.6 Å². The van der Waals surface area contributed by atoms with Gasteiger partial charge in [-0.2, -0.15) is 5.26 Å². The predicted molar refractivity (Wildman–Crippen MR) is 74.4 cm³/mol. The van der Waals surface area contributed by atoms with Gasteiger partial charge in [0.1, 0.15) is 5.58 Å². The molecule has 1 aromatic carbocycles. The zero-order chi connectivity index (χ0) is 14.5. The van der Waals surface area contributed by atoms with Gasteiger partial charge in [0, 0.05) is 30.5 Å². The average molecular weight is 272 g/mol. The number of furan rings is 1. The summed E-state index contributed by atoms with van der Waals surface area (Å²) in [6, 6.07) is 9.54. The van der Waals surface area contributed by atoms with Gasteiger partial charge in [-0.25, -0.2) is 5.84 Å². The van der Waals surface area contributed by atoms with Gasteiger partial charge < -0.3 is 9.32 Å². The van der Waals surface area contributed by atoms with E-state index in [1.807, 2.05) is 30.1 Å². The number of hydrogen-bond donors (Lipinski definition) is 2. The Kier molecular flexibility index (Phi) is 4.35. The smallest absolute Gasteiger partial charge is 0.301 e. The molecule has 3 N–H and O–H groups in total. The summed E-state index contributed by atoms with van der Waals surface area (Å²) < 4.78 is 5.57. The Hall–Kier alpha value is -2.36. The minimum atomic E-state index is -0.454. The number of rotatable bonds is 5. The van der Waals surface area contributed by atoms with Crippen LogP contribution in [0.3, 0.4) is 0 Å². The SMILES string of the molecule is CN(CCC#N)Cc1c(C(=O)NN)oc2ccccc12. The van der Waals surface area contributed by atoms with Crippen molar-refractivity contribution in [1.82, 2.24) is 10.3 Å². The molecule has 0 saturated heterocycles. The van der Waals surface area contributed by atoms with Crippen LogP contribution in [0.25, 0.3) is 11.0 Å². The molecule has 2 aromatic rings. The Morgan fingerprint density at radius 3 is 2.95 bits per heavy atom. The normalized spacial score (nSPS) is 10.7. The lowest BCUT2D eigenvalue weighted by molar-refractivity contribution is 0.0925. The first-order valence-electron chi connectivity index (χ1n) is 6.24. The first-order valence-corrected chi connectivity index (χ1v) is 6.24. The molecule has 0 saturated carbocycles. The maximum absolute atomic E-state index is 11.8. The first kappa shape index (κ1) is 14.1. The fourth-order valence-corrected chi connectivity index (χ4v) is 2.09. The van der Waals surface area contributed by atoms with Crippen LogP contribution >= 0.6 is 0 Å². The third-order valence-electron chi connectivity index (χ3n) is 3.07.